The van der Waals surface area contributed by atoms with Crippen LogP contribution in [0.3, 0.4) is 0 Å². The van der Waals surface area contributed by atoms with Crippen LogP contribution in [0.2, 0.25) is 5.02 Å². The highest BCUT2D eigenvalue weighted by Crippen LogP contribution is 2.42. The lowest BCUT2D eigenvalue weighted by Gasteiger charge is -2.37. The van der Waals surface area contributed by atoms with E-state index >= 15 is 0 Å². The lowest BCUT2D eigenvalue weighted by atomic mass is 9.70. The maximum absolute atomic E-state index is 13.0. The molecule has 1 aromatic carbocycles. The van der Waals surface area contributed by atoms with Crippen LogP contribution >= 0.6 is 27.5 Å². The number of halogens is 2. The van der Waals surface area contributed by atoms with Crippen molar-refractivity contribution in [1.29, 1.82) is 0 Å². The maximum Gasteiger partial charge on any atom is 0.174 e. The predicted octanol–water partition coefficient (Wildman–Crippen LogP) is 4.67. The summed E-state index contributed by atoms with van der Waals surface area (Å²) in [4.78, 5) is 17.0. The fraction of sp³-hybridized carbons (Fsp3) is 0.294. The summed E-state index contributed by atoms with van der Waals surface area (Å²) in [6, 6.07) is 7.30. The summed E-state index contributed by atoms with van der Waals surface area (Å²) in [7, 11) is 0. The number of hydrogen-bond donors (Lipinski definition) is 0. The first kappa shape index (κ1) is 15.5. The molecule has 0 radical (unpaired) electrons. The van der Waals surface area contributed by atoms with Crippen LogP contribution in [-0.4, -0.2) is 17.4 Å². The maximum atomic E-state index is 13.0. The number of carbonyl (C=O) groups is 1. The fourth-order valence-corrected chi connectivity index (χ4v) is 3.76. The quantitative estimate of drug-likeness (QED) is 0.760. The molecule has 1 aliphatic heterocycles. The van der Waals surface area contributed by atoms with Crippen LogP contribution in [0.4, 0.5) is 0 Å². The molecule has 2 heterocycles. The third-order valence-electron chi connectivity index (χ3n) is 4.28. The first-order valence-electron chi connectivity index (χ1n) is 6.98. The Morgan fingerprint density at radius 3 is 2.68 bits per heavy atom. The first-order chi connectivity index (χ1) is 10.4. The average Bonchev–Trinajstić information content (AvgIpc) is 2.49. The average molecular weight is 381 g/mol. The van der Waals surface area contributed by atoms with E-state index in [-0.39, 0.29) is 17.1 Å². The lowest BCUT2D eigenvalue weighted by molar-refractivity contribution is 0.0735. The van der Waals surface area contributed by atoms with Gasteiger partial charge in [0.2, 0.25) is 0 Å². The smallest absolute Gasteiger partial charge is 0.174 e. The van der Waals surface area contributed by atoms with Crippen molar-refractivity contribution in [2.75, 3.05) is 6.61 Å². The summed E-state index contributed by atoms with van der Waals surface area (Å²) < 4.78 is 6.57. The van der Waals surface area contributed by atoms with E-state index in [2.05, 4.69) is 34.8 Å². The molecule has 22 heavy (non-hydrogen) atoms. The summed E-state index contributed by atoms with van der Waals surface area (Å²) in [6.07, 6.45) is 3.49. The minimum Gasteiger partial charge on any atom is -0.491 e. The molecule has 1 unspecified atom stereocenters. The molecule has 3 rings (SSSR count). The molecule has 0 bridgehead atoms. The largest absolute Gasteiger partial charge is 0.491 e. The molecule has 0 saturated carbocycles. The number of ether oxygens (including phenoxy) is 1. The van der Waals surface area contributed by atoms with E-state index in [1.165, 1.54) is 0 Å². The molecule has 1 atom stereocenters. The minimum absolute atomic E-state index is 0.0614. The van der Waals surface area contributed by atoms with Gasteiger partial charge >= 0.3 is 0 Å². The van der Waals surface area contributed by atoms with Gasteiger partial charge in [-0.1, -0.05) is 25.4 Å². The van der Waals surface area contributed by atoms with Crippen molar-refractivity contribution in [2.45, 2.75) is 19.3 Å². The van der Waals surface area contributed by atoms with Gasteiger partial charge in [-0.3, -0.25) is 9.78 Å². The molecule has 0 N–H and O–H groups in total. The van der Waals surface area contributed by atoms with Gasteiger partial charge in [-0.2, -0.15) is 0 Å². The van der Waals surface area contributed by atoms with Gasteiger partial charge in [0, 0.05) is 22.8 Å². The van der Waals surface area contributed by atoms with E-state index in [9.17, 15) is 4.79 Å². The zero-order chi connectivity index (χ0) is 15.9. The highest BCUT2D eigenvalue weighted by molar-refractivity contribution is 9.10. The van der Waals surface area contributed by atoms with Crippen molar-refractivity contribution in [3.63, 3.8) is 0 Å². The van der Waals surface area contributed by atoms with Gasteiger partial charge in [0.25, 0.3) is 0 Å². The second-order valence-electron chi connectivity index (χ2n) is 5.95. The number of rotatable bonds is 2. The number of hydrogen-bond acceptors (Lipinski definition) is 3. The Bertz CT molecular complexity index is 731. The van der Waals surface area contributed by atoms with Gasteiger partial charge in [-0.05, 0) is 45.8 Å². The Kier molecular flexibility index (Phi) is 4.00. The second kappa shape index (κ2) is 5.67. The standard InChI is InChI=1S/C17H15BrClNO2/c1-17(2,10-3-5-20-6-4-10)13-9-22-16-12(15(13)21)7-11(19)8-14(16)18/h3-8,13H,9H2,1-2H3. The fourth-order valence-electron chi connectivity index (χ4n) is 2.84. The first-order valence-corrected chi connectivity index (χ1v) is 8.15. The van der Waals surface area contributed by atoms with Crippen molar-refractivity contribution in [2.24, 2.45) is 5.92 Å². The van der Waals surface area contributed by atoms with E-state index in [4.69, 9.17) is 16.3 Å². The van der Waals surface area contributed by atoms with Gasteiger partial charge in [0.05, 0.1) is 22.6 Å². The number of benzene rings is 1. The summed E-state index contributed by atoms with van der Waals surface area (Å²) in [5, 5.41) is 0.518. The highest BCUT2D eigenvalue weighted by Gasteiger charge is 2.41. The monoisotopic (exact) mass is 379 g/mol. The third kappa shape index (κ3) is 2.55. The summed E-state index contributed by atoms with van der Waals surface area (Å²) >= 11 is 9.49. The molecule has 114 valence electrons. The van der Waals surface area contributed by atoms with Crippen LogP contribution in [0.1, 0.15) is 29.8 Å². The van der Waals surface area contributed by atoms with Crippen LogP contribution in [-0.2, 0) is 5.41 Å². The highest BCUT2D eigenvalue weighted by atomic mass is 79.9. The molecule has 1 aliphatic rings. The van der Waals surface area contributed by atoms with Gasteiger partial charge in [-0.15, -0.1) is 0 Å². The molecule has 1 aromatic heterocycles. The van der Waals surface area contributed by atoms with Crippen LogP contribution in [0.15, 0.2) is 41.1 Å². The molecule has 0 saturated heterocycles. The Labute approximate surface area is 142 Å². The van der Waals surface area contributed by atoms with Gasteiger partial charge in [-0.25, -0.2) is 0 Å². The Morgan fingerprint density at radius 2 is 2.00 bits per heavy atom. The summed E-state index contributed by atoms with van der Waals surface area (Å²) in [5.41, 5.74) is 1.25. The molecular formula is C17H15BrClNO2. The number of carbonyl (C=O) groups excluding carboxylic acids is 1. The van der Waals surface area contributed by atoms with Crippen molar-refractivity contribution < 1.29 is 9.53 Å². The van der Waals surface area contributed by atoms with Gasteiger partial charge in [0.15, 0.2) is 5.78 Å². The zero-order valence-electron chi connectivity index (χ0n) is 12.3. The van der Waals surface area contributed by atoms with Gasteiger partial charge < -0.3 is 4.74 Å². The molecule has 5 heteroatoms. The zero-order valence-corrected chi connectivity index (χ0v) is 14.6. The van der Waals surface area contributed by atoms with E-state index in [0.29, 0.717) is 27.4 Å². The Balaban J connectivity index is 2.03. The van der Waals surface area contributed by atoms with Crippen molar-refractivity contribution in [1.82, 2.24) is 4.98 Å². The normalized spacial score (nSPS) is 17.8. The van der Waals surface area contributed by atoms with Crippen LogP contribution in [0.5, 0.6) is 5.75 Å². The number of aromatic nitrogens is 1. The number of pyridine rings is 1. The Hall–Kier alpha value is -1.39. The van der Waals surface area contributed by atoms with Crippen molar-refractivity contribution >= 4 is 33.3 Å². The lowest BCUT2D eigenvalue weighted by Crippen LogP contribution is -2.41. The van der Waals surface area contributed by atoms with E-state index < -0.39 is 0 Å². The molecule has 0 fully saturated rings. The van der Waals surface area contributed by atoms with Crippen LogP contribution in [0, 0.1) is 5.92 Å². The SMILES string of the molecule is CC(C)(c1ccncc1)C1COc2c(Br)cc(Cl)cc2C1=O. The molecule has 0 spiro atoms. The molecular weight excluding hydrogens is 366 g/mol. The number of nitrogens with zero attached hydrogens (tertiary/aromatic N) is 1. The number of Topliss-reactive ketones (excluding diaryl/α,β-unsaturated/α-hetero) is 1. The molecule has 0 aliphatic carbocycles. The number of ketones is 1. The minimum atomic E-state index is -0.355. The Morgan fingerprint density at radius 1 is 1.32 bits per heavy atom. The molecule has 0 amide bonds. The van der Waals surface area contributed by atoms with Gasteiger partial charge in [0.1, 0.15) is 5.75 Å². The van der Waals surface area contributed by atoms with Crippen LogP contribution in [0.25, 0.3) is 0 Å². The van der Waals surface area contributed by atoms with E-state index in [1.807, 2.05) is 12.1 Å². The topological polar surface area (TPSA) is 39.2 Å². The summed E-state index contributed by atoms with van der Waals surface area (Å²) in [5.74, 6) is 0.371. The van der Waals surface area contributed by atoms with E-state index in [0.717, 1.165) is 5.56 Å². The van der Waals surface area contributed by atoms with E-state index in [1.54, 1.807) is 24.5 Å². The summed E-state index contributed by atoms with van der Waals surface area (Å²) in [6.45, 7) is 4.46. The third-order valence-corrected chi connectivity index (χ3v) is 5.09. The van der Waals surface area contributed by atoms with Crippen molar-refractivity contribution in [3.05, 3.63) is 57.3 Å². The molecule has 2 aromatic rings. The predicted molar refractivity (Wildman–Crippen MR) is 89.7 cm³/mol. The van der Waals surface area contributed by atoms with Crippen LogP contribution < -0.4 is 4.74 Å². The molecule has 3 nitrogen and oxygen atoms in total. The van der Waals surface area contributed by atoms with Crippen molar-refractivity contribution in [3.8, 4) is 5.75 Å². The number of fused-ring (bicyclic) bond motifs is 1. The second-order valence-corrected chi connectivity index (χ2v) is 7.24.